The van der Waals surface area contributed by atoms with Crippen LogP contribution < -0.4 is 9.64 Å². The Morgan fingerprint density at radius 1 is 1.24 bits per heavy atom. The SMILES string of the molecule is COc1ccc2ccnc(N(C)C3CCCCC3Cl)c2c1. The molecular weight excluding hydrogens is 284 g/mol. The van der Waals surface area contributed by atoms with Gasteiger partial charge in [0.05, 0.1) is 12.5 Å². The van der Waals surface area contributed by atoms with Gasteiger partial charge in [-0.1, -0.05) is 18.9 Å². The van der Waals surface area contributed by atoms with E-state index in [0.29, 0.717) is 6.04 Å². The van der Waals surface area contributed by atoms with Crippen molar-refractivity contribution in [2.75, 3.05) is 19.1 Å². The first kappa shape index (κ1) is 14.5. The molecule has 0 amide bonds. The number of pyridine rings is 1. The number of fused-ring (bicyclic) bond motifs is 1. The summed E-state index contributed by atoms with van der Waals surface area (Å²) in [5.41, 5.74) is 0. The first-order valence-corrected chi connectivity index (χ1v) is 7.94. The lowest BCUT2D eigenvalue weighted by Gasteiger charge is -2.36. The van der Waals surface area contributed by atoms with Gasteiger partial charge in [-0.25, -0.2) is 4.98 Å². The number of hydrogen-bond donors (Lipinski definition) is 0. The van der Waals surface area contributed by atoms with Crippen molar-refractivity contribution in [3.63, 3.8) is 0 Å². The van der Waals surface area contributed by atoms with Gasteiger partial charge in [0, 0.05) is 24.7 Å². The van der Waals surface area contributed by atoms with E-state index in [2.05, 4.69) is 29.1 Å². The minimum Gasteiger partial charge on any atom is -0.497 e. The Bertz CT molecular complexity index is 631. The predicted octanol–water partition coefficient (Wildman–Crippen LogP) is 4.23. The number of benzene rings is 1. The van der Waals surface area contributed by atoms with E-state index in [1.165, 1.54) is 18.2 Å². The molecule has 3 rings (SSSR count). The number of ether oxygens (including phenoxy) is 1. The molecule has 0 spiro atoms. The maximum absolute atomic E-state index is 6.54. The van der Waals surface area contributed by atoms with Gasteiger partial charge in [0.1, 0.15) is 11.6 Å². The molecular formula is C17H21ClN2O. The molecule has 0 aliphatic heterocycles. The molecule has 2 aromatic rings. The second-order valence-corrected chi connectivity index (χ2v) is 6.26. The first-order chi connectivity index (χ1) is 10.2. The molecule has 0 N–H and O–H groups in total. The van der Waals surface area contributed by atoms with Crippen molar-refractivity contribution in [1.29, 1.82) is 0 Å². The van der Waals surface area contributed by atoms with E-state index in [9.17, 15) is 0 Å². The number of methoxy groups -OCH3 is 1. The van der Waals surface area contributed by atoms with Gasteiger partial charge in [-0.05, 0) is 36.4 Å². The number of halogens is 1. The molecule has 112 valence electrons. The van der Waals surface area contributed by atoms with E-state index < -0.39 is 0 Å². The van der Waals surface area contributed by atoms with Gasteiger partial charge < -0.3 is 9.64 Å². The second-order valence-electron chi connectivity index (χ2n) is 5.70. The highest BCUT2D eigenvalue weighted by atomic mass is 35.5. The Hall–Kier alpha value is -1.48. The van der Waals surface area contributed by atoms with Crippen molar-refractivity contribution in [1.82, 2.24) is 4.98 Å². The lowest BCUT2D eigenvalue weighted by atomic mass is 9.93. The molecule has 1 aromatic carbocycles. The van der Waals surface area contributed by atoms with Gasteiger partial charge in [-0.2, -0.15) is 0 Å². The van der Waals surface area contributed by atoms with Crippen molar-refractivity contribution in [3.8, 4) is 5.75 Å². The smallest absolute Gasteiger partial charge is 0.136 e. The molecule has 2 atom stereocenters. The number of anilines is 1. The average molecular weight is 305 g/mol. The molecule has 2 unspecified atom stereocenters. The van der Waals surface area contributed by atoms with Crippen LogP contribution in [0.4, 0.5) is 5.82 Å². The van der Waals surface area contributed by atoms with E-state index >= 15 is 0 Å². The molecule has 1 heterocycles. The lowest BCUT2D eigenvalue weighted by molar-refractivity contribution is 0.415. The molecule has 21 heavy (non-hydrogen) atoms. The molecule has 0 radical (unpaired) electrons. The highest BCUT2D eigenvalue weighted by Crippen LogP contribution is 2.33. The number of alkyl halides is 1. The number of hydrogen-bond acceptors (Lipinski definition) is 3. The summed E-state index contributed by atoms with van der Waals surface area (Å²) in [7, 11) is 3.80. The van der Waals surface area contributed by atoms with E-state index in [0.717, 1.165) is 29.8 Å². The molecule has 3 nitrogen and oxygen atoms in total. The standard InChI is InChI=1S/C17H21ClN2O/c1-20(16-6-4-3-5-15(16)18)17-14-11-13(21-2)8-7-12(14)9-10-19-17/h7-11,15-16H,3-6H2,1-2H3. The summed E-state index contributed by atoms with van der Waals surface area (Å²) >= 11 is 6.54. The number of rotatable bonds is 3. The second kappa shape index (κ2) is 6.10. The Balaban J connectivity index is 2.02. The summed E-state index contributed by atoms with van der Waals surface area (Å²) in [6, 6.07) is 8.50. The fourth-order valence-corrected chi connectivity index (χ4v) is 3.65. The Morgan fingerprint density at radius 2 is 2.05 bits per heavy atom. The zero-order valence-corrected chi connectivity index (χ0v) is 13.3. The third kappa shape index (κ3) is 2.80. The van der Waals surface area contributed by atoms with Crippen LogP contribution in [0.15, 0.2) is 30.5 Å². The predicted molar refractivity (Wildman–Crippen MR) is 88.6 cm³/mol. The van der Waals surface area contributed by atoms with Crippen LogP contribution in [0.2, 0.25) is 0 Å². The minimum atomic E-state index is 0.200. The Labute approximate surface area is 130 Å². The van der Waals surface area contributed by atoms with Gasteiger partial charge in [-0.3, -0.25) is 0 Å². The van der Waals surface area contributed by atoms with Crippen LogP contribution in [0.3, 0.4) is 0 Å². The molecule has 1 saturated carbocycles. The molecule has 1 fully saturated rings. The molecule has 0 saturated heterocycles. The summed E-state index contributed by atoms with van der Waals surface area (Å²) in [4.78, 5) is 6.85. The maximum Gasteiger partial charge on any atom is 0.136 e. The summed E-state index contributed by atoms with van der Waals surface area (Å²) in [6.45, 7) is 0. The van der Waals surface area contributed by atoms with Gasteiger partial charge in [0.15, 0.2) is 0 Å². The van der Waals surface area contributed by atoms with Crippen molar-refractivity contribution in [2.24, 2.45) is 0 Å². The third-order valence-electron chi connectivity index (χ3n) is 4.43. The highest BCUT2D eigenvalue weighted by Gasteiger charge is 2.28. The highest BCUT2D eigenvalue weighted by molar-refractivity contribution is 6.21. The Kier molecular flexibility index (Phi) is 4.20. The Morgan fingerprint density at radius 3 is 2.81 bits per heavy atom. The average Bonchev–Trinajstić information content (AvgIpc) is 2.53. The maximum atomic E-state index is 6.54. The van der Waals surface area contributed by atoms with Crippen LogP contribution in [-0.2, 0) is 0 Å². The fraction of sp³-hybridized carbons (Fsp3) is 0.471. The third-order valence-corrected chi connectivity index (χ3v) is 4.94. The monoisotopic (exact) mass is 304 g/mol. The van der Waals surface area contributed by atoms with Crippen molar-refractivity contribution in [3.05, 3.63) is 30.5 Å². The molecule has 0 bridgehead atoms. The minimum absolute atomic E-state index is 0.200. The van der Waals surface area contributed by atoms with E-state index in [1.807, 2.05) is 18.3 Å². The van der Waals surface area contributed by atoms with Crippen molar-refractivity contribution < 1.29 is 4.74 Å². The molecule has 1 aromatic heterocycles. The lowest BCUT2D eigenvalue weighted by Crippen LogP contribution is -2.41. The summed E-state index contributed by atoms with van der Waals surface area (Å²) in [5.74, 6) is 1.85. The molecule has 4 heteroatoms. The van der Waals surface area contributed by atoms with Crippen LogP contribution in [0.5, 0.6) is 5.75 Å². The van der Waals surface area contributed by atoms with Gasteiger partial charge in [0.25, 0.3) is 0 Å². The first-order valence-electron chi connectivity index (χ1n) is 7.50. The van der Waals surface area contributed by atoms with E-state index in [1.54, 1.807) is 7.11 Å². The largest absolute Gasteiger partial charge is 0.497 e. The zero-order valence-electron chi connectivity index (χ0n) is 12.6. The number of aromatic nitrogens is 1. The molecule has 1 aliphatic carbocycles. The molecule has 1 aliphatic rings. The van der Waals surface area contributed by atoms with Crippen LogP contribution in [-0.4, -0.2) is 30.6 Å². The van der Waals surface area contributed by atoms with Crippen LogP contribution in [0.25, 0.3) is 10.8 Å². The topological polar surface area (TPSA) is 25.4 Å². The van der Waals surface area contributed by atoms with Gasteiger partial charge >= 0.3 is 0 Å². The van der Waals surface area contributed by atoms with Gasteiger partial charge in [0.2, 0.25) is 0 Å². The number of nitrogens with zero attached hydrogens (tertiary/aromatic N) is 2. The quantitative estimate of drug-likeness (QED) is 0.794. The van der Waals surface area contributed by atoms with Crippen molar-refractivity contribution in [2.45, 2.75) is 37.1 Å². The summed E-state index contributed by atoms with van der Waals surface area (Å²) in [6.07, 6.45) is 6.56. The van der Waals surface area contributed by atoms with E-state index in [-0.39, 0.29) is 5.38 Å². The fourth-order valence-electron chi connectivity index (χ4n) is 3.20. The van der Waals surface area contributed by atoms with Crippen molar-refractivity contribution >= 4 is 28.2 Å². The summed E-state index contributed by atoms with van der Waals surface area (Å²) in [5, 5.41) is 2.50. The summed E-state index contributed by atoms with van der Waals surface area (Å²) < 4.78 is 5.35. The normalized spacial score (nSPS) is 22.2. The van der Waals surface area contributed by atoms with Gasteiger partial charge in [-0.15, -0.1) is 11.6 Å². The van der Waals surface area contributed by atoms with Crippen LogP contribution in [0.1, 0.15) is 25.7 Å². The van der Waals surface area contributed by atoms with Crippen LogP contribution in [0, 0.1) is 0 Å². The van der Waals surface area contributed by atoms with E-state index in [4.69, 9.17) is 16.3 Å². The zero-order chi connectivity index (χ0) is 14.8. The van der Waals surface area contributed by atoms with Crippen LogP contribution >= 0.6 is 11.6 Å².